The van der Waals surface area contributed by atoms with Gasteiger partial charge >= 0.3 is 5.69 Å². The smallest absolute Gasteiger partial charge is 0.311 e. The lowest BCUT2D eigenvalue weighted by Crippen LogP contribution is -2.44. The molecule has 0 aliphatic rings. The van der Waals surface area contributed by atoms with Gasteiger partial charge in [-0.3, -0.25) is 10.1 Å². The van der Waals surface area contributed by atoms with Crippen LogP contribution >= 0.6 is 0 Å². The summed E-state index contributed by atoms with van der Waals surface area (Å²) in [4.78, 5) is 17.1. The molecule has 1 aromatic heterocycles. The topological polar surface area (TPSA) is 83.3 Å². The summed E-state index contributed by atoms with van der Waals surface area (Å²) in [7, 11) is 3.95. The van der Waals surface area contributed by atoms with Gasteiger partial charge in [-0.1, -0.05) is 6.92 Å². The van der Waals surface area contributed by atoms with Crippen LogP contribution in [0.2, 0.25) is 0 Å². The van der Waals surface area contributed by atoms with E-state index in [9.17, 15) is 10.1 Å². The summed E-state index contributed by atoms with van der Waals surface area (Å²) in [6, 6.07) is 3.12. The highest BCUT2D eigenvalue weighted by molar-refractivity contribution is 5.60. The molecule has 0 aliphatic carbocycles. The molecule has 0 saturated carbocycles. The van der Waals surface area contributed by atoms with Crippen molar-refractivity contribution in [3.8, 4) is 0 Å². The largest absolute Gasteiger partial charge is 0.370 e. The van der Waals surface area contributed by atoms with Crippen LogP contribution < -0.4 is 10.6 Å². The van der Waals surface area contributed by atoms with Gasteiger partial charge in [-0.05, 0) is 40.4 Å². The summed E-state index contributed by atoms with van der Waals surface area (Å²) >= 11 is 0. The van der Waals surface area contributed by atoms with Crippen molar-refractivity contribution in [3.63, 3.8) is 0 Å². The van der Waals surface area contributed by atoms with E-state index in [1.165, 1.54) is 6.07 Å². The molecule has 1 rings (SSSR count). The summed E-state index contributed by atoms with van der Waals surface area (Å²) in [6.45, 7) is 7.52. The lowest BCUT2D eigenvalue weighted by molar-refractivity contribution is -0.384. The van der Waals surface area contributed by atoms with E-state index >= 15 is 0 Å². The normalized spacial score (nSPS) is 11.5. The SMILES string of the molecule is CCCNc1ccc([N+](=O)[O-])c(NCC(C)(C)N(C)C)n1. The molecule has 0 radical (unpaired) electrons. The fraction of sp³-hybridized carbons (Fsp3) is 0.643. The predicted molar refractivity (Wildman–Crippen MR) is 85.9 cm³/mol. The van der Waals surface area contributed by atoms with Crippen LogP contribution in [-0.4, -0.2) is 47.5 Å². The summed E-state index contributed by atoms with van der Waals surface area (Å²) in [6.07, 6.45) is 0.967. The Morgan fingerprint density at radius 2 is 2.00 bits per heavy atom. The fourth-order valence-electron chi connectivity index (χ4n) is 1.54. The van der Waals surface area contributed by atoms with Gasteiger partial charge in [0.25, 0.3) is 0 Å². The second-order valence-electron chi connectivity index (χ2n) is 5.81. The van der Waals surface area contributed by atoms with Crippen LogP contribution in [0.3, 0.4) is 0 Å². The molecule has 0 aromatic carbocycles. The molecule has 0 unspecified atom stereocenters. The van der Waals surface area contributed by atoms with Crippen LogP contribution in [0.1, 0.15) is 27.2 Å². The van der Waals surface area contributed by atoms with Crippen molar-refractivity contribution in [3.05, 3.63) is 22.2 Å². The number of aromatic nitrogens is 1. The van der Waals surface area contributed by atoms with Crippen molar-refractivity contribution in [2.75, 3.05) is 37.8 Å². The van der Waals surface area contributed by atoms with E-state index in [0.717, 1.165) is 13.0 Å². The quantitative estimate of drug-likeness (QED) is 0.566. The Labute approximate surface area is 125 Å². The molecule has 0 saturated heterocycles. The lowest BCUT2D eigenvalue weighted by atomic mass is 10.0. The van der Waals surface area contributed by atoms with Crippen LogP contribution in [0.15, 0.2) is 12.1 Å². The van der Waals surface area contributed by atoms with Gasteiger partial charge in [0.05, 0.1) is 4.92 Å². The molecule has 0 atom stereocenters. The molecule has 0 fully saturated rings. The van der Waals surface area contributed by atoms with Gasteiger partial charge in [-0.15, -0.1) is 0 Å². The zero-order chi connectivity index (χ0) is 16.0. The first-order valence-corrected chi connectivity index (χ1v) is 7.08. The molecule has 2 N–H and O–H groups in total. The van der Waals surface area contributed by atoms with Crippen molar-refractivity contribution in [1.29, 1.82) is 0 Å². The van der Waals surface area contributed by atoms with E-state index in [2.05, 4.69) is 41.3 Å². The minimum absolute atomic E-state index is 0.00777. The van der Waals surface area contributed by atoms with E-state index in [-0.39, 0.29) is 11.2 Å². The van der Waals surface area contributed by atoms with E-state index in [1.807, 2.05) is 14.1 Å². The summed E-state index contributed by atoms with van der Waals surface area (Å²) in [5, 5.41) is 17.3. The molecule has 21 heavy (non-hydrogen) atoms. The first-order chi connectivity index (χ1) is 9.77. The fourth-order valence-corrected chi connectivity index (χ4v) is 1.54. The molecule has 7 heteroatoms. The summed E-state index contributed by atoms with van der Waals surface area (Å²) < 4.78 is 0. The molecular formula is C14H25N5O2. The Balaban J connectivity index is 2.93. The standard InChI is InChI=1S/C14H25N5O2/c1-6-9-15-12-8-7-11(19(20)21)13(17-12)16-10-14(2,3)18(4)5/h7-8H,6,9-10H2,1-5H3,(H2,15,16,17). The first kappa shape index (κ1) is 17.2. The van der Waals surface area contributed by atoms with Crippen LogP contribution in [0.5, 0.6) is 0 Å². The highest BCUT2D eigenvalue weighted by Crippen LogP contribution is 2.25. The summed E-state index contributed by atoms with van der Waals surface area (Å²) in [5.74, 6) is 0.948. The maximum absolute atomic E-state index is 11.1. The number of likely N-dealkylation sites (N-methyl/N-ethyl adjacent to an activating group) is 1. The van der Waals surface area contributed by atoms with E-state index < -0.39 is 4.92 Å². The number of nitrogens with one attached hydrogen (secondary N) is 2. The zero-order valence-corrected chi connectivity index (χ0v) is 13.4. The van der Waals surface area contributed by atoms with Gasteiger partial charge in [-0.2, -0.15) is 0 Å². The molecule has 118 valence electrons. The average Bonchev–Trinajstić information content (AvgIpc) is 2.42. The van der Waals surface area contributed by atoms with Crippen LogP contribution in [0.25, 0.3) is 0 Å². The number of hydrogen-bond donors (Lipinski definition) is 2. The van der Waals surface area contributed by atoms with Gasteiger partial charge in [-0.25, -0.2) is 4.98 Å². The lowest BCUT2D eigenvalue weighted by Gasteiger charge is -2.32. The van der Waals surface area contributed by atoms with Gasteiger partial charge in [0, 0.05) is 24.7 Å². The maximum Gasteiger partial charge on any atom is 0.311 e. The second kappa shape index (κ2) is 7.21. The third-order valence-electron chi connectivity index (χ3n) is 3.53. The highest BCUT2D eigenvalue weighted by Gasteiger charge is 2.23. The van der Waals surface area contributed by atoms with Crippen LogP contribution in [0.4, 0.5) is 17.3 Å². The van der Waals surface area contributed by atoms with Crippen molar-refractivity contribution in [2.24, 2.45) is 0 Å². The van der Waals surface area contributed by atoms with Gasteiger partial charge in [0.15, 0.2) is 0 Å². The van der Waals surface area contributed by atoms with Gasteiger partial charge in [0.2, 0.25) is 5.82 Å². The number of rotatable bonds is 8. The van der Waals surface area contributed by atoms with Crippen molar-refractivity contribution >= 4 is 17.3 Å². The Morgan fingerprint density at radius 3 is 2.52 bits per heavy atom. The third kappa shape index (κ3) is 4.86. The highest BCUT2D eigenvalue weighted by atomic mass is 16.6. The zero-order valence-electron chi connectivity index (χ0n) is 13.4. The molecule has 0 aliphatic heterocycles. The minimum Gasteiger partial charge on any atom is -0.370 e. The Morgan fingerprint density at radius 1 is 1.33 bits per heavy atom. The Kier molecular flexibility index (Phi) is 5.90. The number of nitrogens with zero attached hydrogens (tertiary/aromatic N) is 3. The molecule has 1 aromatic rings. The minimum atomic E-state index is -0.415. The number of nitro groups is 1. The van der Waals surface area contributed by atoms with E-state index in [1.54, 1.807) is 6.07 Å². The predicted octanol–water partition coefficient (Wildman–Crippen LogP) is 2.56. The molecule has 0 bridgehead atoms. The van der Waals surface area contributed by atoms with Crippen LogP contribution in [-0.2, 0) is 0 Å². The van der Waals surface area contributed by atoms with Crippen molar-refractivity contribution < 1.29 is 4.92 Å². The average molecular weight is 295 g/mol. The molecule has 7 nitrogen and oxygen atoms in total. The van der Waals surface area contributed by atoms with E-state index in [4.69, 9.17) is 0 Å². The Bertz CT molecular complexity index is 488. The number of hydrogen-bond acceptors (Lipinski definition) is 6. The maximum atomic E-state index is 11.1. The Hall–Kier alpha value is -1.89. The van der Waals surface area contributed by atoms with Crippen molar-refractivity contribution in [2.45, 2.75) is 32.7 Å². The number of pyridine rings is 1. The molecule has 1 heterocycles. The molecule has 0 spiro atoms. The van der Waals surface area contributed by atoms with Crippen LogP contribution in [0, 0.1) is 10.1 Å². The van der Waals surface area contributed by atoms with Crippen molar-refractivity contribution in [1.82, 2.24) is 9.88 Å². The first-order valence-electron chi connectivity index (χ1n) is 7.08. The monoisotopic (exact) mass is 295 g/mol. The number of anilines is 2. The van der Waals surface area contributed by atoms with Gasteiger partial charge < -0.3 is 15.5 Å². The second-order valence-corrected chi connectivity index (χ2v) is 5.81. The molecular weight excluding hydrogens is 270 g/mol. The van der Waals surface area contributed by atoms with E-state index in [0.29, 0.717) is 18.2 Å². The molecule has 0 amide bonds. The van der Waals surface area contributed by atoms with Gasteiger partial charge in [0.1, 0.15) is 5.82 Å². The third-order valence-corrected chi connectivity index (χ3v) is 3.53. The summed E-state index contributed by atoms with van der Waals surface area (Å²) in [5.41, 5.74) is -0.144.